The third-order valence-corrected chi connectivity index (χ3v) is 7.09. The van der Waals surface area contributed by atoms with E-state index < -0.39 is 0 Å². The van der Waals surface area contributed by atoms with Crippen LogP contribution in [0.25, 0.3) is 0 Å². The van der Waals surface area contributed by atoms with E-state index in [9.17, 15) is 0 Å². The van der Waals surface area contributed by atoms with E-state index in [2.05, 4.69) is 25.1 Å². The van der Waals surface area contributed by atoms with Crippen LogP contribution in [0.5, 0.6) is 0 Å². The highest BCUT2D eigenvalue weighted by atomic mass is 16.5. The minimum absolute atomic E-state index is 0.0922. The Hall–Kier alpha value is -0.860. The van der Waals surface area contributed by atoms with E-state index in [1.165, 1.54) is 70.6 Å². The fourth-order valence-corrected chi connectivity index (χ4v) is 5.15. The summed E-state index contributed by atoms with van der Waals surface area (Å²) in [5, 5.41) is 0. The Bertz CT molecular complexity index is 569. The fourth-order valence-electron chi connectivity index (χ4n) is 5.15. The van der Waals surface area contributed by atoms with Crippen molar-refractivity contribution < 1.29 is 4.74 Å². The monoisotopic (exact) mass is 357 g/mol. The number of hydrogen-bond donors (Lipinski definition) is 1. The van der Waals surface area contributed by atoms with Crippen molar-refractivity contribution in [3.63, 3.8) is 0 Å². The summed E-state index contributed by atoms with van der Waals surface area (Å²) in [5.41, 5.74) is 11.4. The van der Waals surface area contributed by atoms with Crippen molar-refractivity contribution in [2.45, 2.75) is 95.4 Å². The molecule has 2 nitrogen and oxygen atoms in total. The van der Waals surface area contributed by atoms with E-state index in [0.717, 1.165) is 18.9 Å². The first kappa shape index (κ1) is 19.9. The van der Waals surface area contributed by atoms with Crippen LogP contribution in [0.1, 0.15) is 93.7 Å². The Morgan fingerprint density at radius 1 is 1.12 bits per heavy atom. The van der Waals surface area contributed by atoms with E-state index in [0.29, 0.717) is 5.92 Å². The molecule has 1 saturated carbocycles. The molecule has 2 N–H and O–H groups in total. The van der Waals surface area contributed by atoms with Gasteiger partial charge in [-0.1, -0.05) is 50.8 Å². The summed E-state index contributed by atoms with van der Waals surface area (Å²) < 4.78 is 5.13. The zero-order valence-corrected chi connectivity index (χ0v) is 17.1. The minimum Gasteiger partial charge on any atom is -0.385 e. The van der Waals surface area contributed by atoms with E-state index in [-0.39, 0.29) is 5.54 Å². The number of methoxy groups -OCH3 is 1. The molecule has 1 aromatic rings. The fraction of sp³-hybridized carbons (Fsp3) is 0.750. The molecule has 0 saturated heterocycles. The molecule has 0 spiro atoms. The molecule has 1 fully saturated rings. The maximum Gasteiger partial charge on any atom is 0.0462 e. The summed E-state index contributed by atoms with van der Waals surface area (Å²) in [6.07, 6.45) is 15.4. The highest BCUT2D eigenvalue weighted by molar-refractivity contribution is 5.36. The van der Waals surface area contributed by atoms with E-state index in [4.69, 9.17) is 10.5 Å². The Morgan fingerprint density at radius 3 is 2.73 bits per heavy atom. The SMILES string of the molecule is CC[C@@]1(N)CC[C@H](c2ccc3c(c2)CCC(CCCCCCOC)C3)C1. The van der Waals surface area contributed by atoms with Crippen molar-refractivity contribution in [3.05, 3.63) is 34.9 Å². The van der Waals surface area contributed by atoms with Gasteiger partial charge < -0.3 is 10.5 Å². The molecule has 3 atom stereocenters. The molecule has 2 heteroatoms. The van der Waals surface area contributed by atoms with Crippen LogP contribution < -0.4 is 5.73 Å². The van der Waals surface area contributed by atoms with E-state index in [1.54, 1.807) is 23.8 Å². The van der Waals surface area contributed by atoms with Gasteiger partial charge in [0.1, 0.15) is 0 Å². The first-order chi connectivity index (χ1) is 12.6. The molecule has 1 aromatic carbocycles. The zero-order valence-electron chi connectivity index (χ0n) is 17.1. The van der Waals surface area contributed by atoms with Crippen molar-refractivity contribution in [1.29, 1.82) is 0 Å². The van der Waals surface area contributed by atoms with Crippen LogP contribution in [-0.4, -0.2) is 19.3 Å². The smallest absolute Gasteiger partial charge is 0.0462 e. The Labute approximate surface area is 160 Å². The number of unbranched alkanes of at least 4 members (excludes halogenated alkanes) is 3. The largest absolute Gasteiger partial charge is 0.385 e. The number of rotatable bonds is 9. The average molecular weight is 358 g/mol. The highest BCUT2D eigenvalue weighted by Gasteiger charge is 2.35. The second kappa shape index (κ2) is 9.37. The van der Waals surface area contributed by atoms with Crippen molar-refractivity contribution in [2.24, 2.45) is 11.7 Å². The summed E-state index contributed by atoms with van der Waals surface area (Å²) in [4.78, 5) is 0. The van der Waals surface area contributed by atoms with Crippen LogP contribution in [0.15, 0.2) is 18.2 Å². The van der Waals surface area contributed by atoms with Gasteiger partial charge >= 0.3 is 0 Å². The van der Waals surface area contributed by atoms with Gasteiger partial charge in [-0.25, -0.2) is 0 Å². The topological polar surface area (TPSA) is 35.2 Å². The number of benzene rings is 1. The molecular weight excluding hydrogens is 318 g/mol. The number of fused-ring (bicyclic) bond motifs is 1. The van der Waals surface area contributed by atoms with Crippen molar-refractivity contribution >= 4 is 0 Å². The number of ether oxygens (including phenoxy) is 1. The normalized spacial score (nSPS) is 28.3. The van der Waals surface area contributed by atoms with Crippen LogP contribution in [0.3, 0.4) is 0 Å². The average Bonchev–Trinajstić information content (AvgIpc) is 3.07. The molecule has 2 aliphatic carbocycles. The number of aryl methyl sites for hydroxylation is 1. The maximum atomic E-state index is 6.52. The molecule has 0 aromatic heterocycles. The molecule has 146 valence electrons. The first-order valence-corrected chi connectivity index (χ1v) is 11.0. The lowest BCUT2D eigenvalue weighted by Gasteiger charge is -2.26. The third-order valence-electron chi connectivity index (χ3n) is 7.09. The van der Waals surface area contributed by atoms with Crippen molar-refractivity contribution in [3.8, 4) is 0 Å². The highest BCUT2D eigenvalue weighted by Crippen LogP contribution is 2.42. The lowest BCUT2D eigenvalue weighted by atomic mass is 9.79. The molecule has 0 bridgehead atoms. The Kier molecular flexibility index (Phi) is 7.17. The Morgan fingerprint density at radius 2 is 1.96 bits per heavy atom. The zero-order chi connectivity index (χ0) is 18.4. The summed E-state index contributed by atoms with van der Waals surface area (Å²) in [6, 6.07) is 7.39. The van der Waals surface area contributed by atoms with Crippen LogP contribution in [0.4, 0.5) is 0 Å². The maximum absolute atomic E-state index is 6.52. The van der Waals surface area contributed by atoms with Crippen molar-refractivity contribution in [2.75, 3.05) is 13.7 Å². The molecule has 0 amide bonds. The summed E-state index contributed by atoms with van der Waals surface area (Å²) in [6.45, 7) is 3.16. The van der Waals surface area contributed by atoms with E-state index in [1.807, 2.05) is 0 Å². The molecular formula is C24H39NO. The standard InChI is InChI=1S/C24H39NO/c1-3-24(25)14-13-23(18-24)22-12-11-20-16-19(9-10-21(20)17-22)8-6-4-5-7-15-26-2/h11-12,17,19,23H,3-10,13-16,18,25H2,1-2H3/t19?,23-,24+/m0/s1. The molecule has 26 heavy (non-hydrogen) atoms. The van der Waals surface area contributed by atoms with Gasteiger partial charge in [-0.2, -0.15) is 0 Å². The number of hydrogen-bond acceptors (Lipinski definition) is 2. The number of nitrogens with two attached hydrogens (primary N) is 1. The lowest BCUT2D eigenvalue weighted by molar-refractivity contribution is 0.191. The van der Waals surface area contributed by atoms with Gasteiger partial charge in [-0.3, -0.25) is 0 Å². The summed E-state index contributed by atoms with van der Waals surface area (Å²) in [5.74, 6) is 1.59. The van der Waals surface area contributed by atoms with Gasteiger partial charge in [-0.05, 0) is 79.9 Å². The quantitative estimate of drug-likeness (QED) is 0.570. The van der Waals surface area contributed by atoms with Crippen molar-refractivity contribution in [1.82, 2.24) is 0 Å². The Balaban J connectivity index is 1.48. The molecule has 0 radical (unpaired) electrons. The van der Waals surface area contributed by atoms with Gasteiger partial charge in [0.25, 0.3) is 0 Å². The predicted octanol–water partition coefficient (Wildman–Crippen LogP) is 5.76. The molecule has 1 unspecified atom stereocenters. The first-order valence-electron chi connectivity index (χ1n) is 11.0. The lowest BCUT2D eigenvalue weighted by Crippen LogP contribution is -2.35. The third kappa shape index (κ3) is 5.10. The van der Waals surface area contributed by atoms with Crippen LogP contribution >= 0.6 is 0 Å². The van der Waals surface area contributed by atoms with Gasteiger partial charge in [0.05, 0.1) is 0 Å². The second-order valence-electron chi connectivity index (χ2n) is 8.99. The van der Waals surface area contributed by atoms with Gasteiger partial charge in [-0.15, -0.1) is 0 Å². The molecule has 2 aliphatic rings. The predicted molar refractivity (Wildman–Crippen MR) is 111 cm³/mol. The van der Waals surface area contributed by atoms with Crippen LogP contribution in [-0.2, 0) is 17.6 Å². The van der Waals surface area contributed by atoms with Gasteiger partial charge in [0.2, 0.25) is 0 Å². The second-order valence-corrected chi connectivity index (χ2v) is 8.99. The minimum atomic E-state index is 0.0922. The van der Waals surface area contributed by atoms with Crippen LogP contribution in [0, 0.1) is 5.92 Å². The summed E-state index contributed by atoms with van der Waals surface area (Å²) in [7, 11) is 1.80. The summed E-state index contributed by atoms with van der Waals surface area (Å²) >= 11 is 0. The van der Waals surface area contributed by atoms with E-state index >= 15 is 0 Å². The van der Waals surface area contributed by atoms with Gasteiger partial charge in [0, 0.05) is 19.3 Å². The molecule has 0 heterocycles. The van der Waals surface area contributed by atoms with Crippen LogP contribution in [0.2, 0.25) is 0 Å². The molecule has 0 aliphatic heterocycles. The molecule has 3 rings (SSSR count). The van der Waals surface area contributed by atoms with Gasteiger partial charge in [0.15, 0.2) is 0 Å².